The van der Waals surface area contributed by atoms with Crippen molar-refractivity contribution >= 4 is 23.2 Å². The van der Waals surface area contributed by atoms with Crippen molar-refractivity contribution < 1.29 is 9.59 Å². The normalized spacial score (nSPS) is 14.6. The molecule has 2 heterocycles. The van der Waals surface area contributed by atoms with Crippen LogP contribution in [-0.4, -0.2) is 61.5 Å². The van der Waals surface area contributed by atoms with Crippen LogP contribution in [0.1, 0.15) is 10.4 Å². The highest BCUT2D eigenvalue weighted by atomic mass is 16.2. The lowest BCUT2D eigenvalue weighted by Crippen LogP contribution is -2.44. The molecule has 8 nitrogen and oxygen atoms in total. The number of likely N-dealkylation sites (N-methyl/N-ethyl adjacent to an activating group) is 1. The molecule has 1 aliphatic rings. The van der Waals surface area contributed by atoms with Gasteiger partial charge in [0.2, 0.25) is 11.5 Å². The minimum atomic E-state index is -0.424. The number of nitrogens with one attached hydrogen (secondary N) is 3. The molecular formula is C19H23N5O3. The van der Waals surface area contributed by atoms with Crippen LogP contribution in [0, 0.1) is 0 Å². The zero-order valence-corrected chi connectivity index (χ0v) is 15.2. The van der Waals surface area contributed by atoms with Crippen LogP contribution in [0.15, 0.2) is 47.4 Å². The van der Waals surface area contributed by atoms with Crippen molar-refractivity contribution in [2.75, 3.05) is 50.0 Å². The molecule has 2 aromatic rings. The number of piperazine rings is 1. The van der Waals surface area contributed by atoms with E-state index in [2.05, 4.69) is 32.5 Å². The first-order valence-corrected chi connectivity index (χ1v) is 8.81. The van der Waals surface area contributed by atoms with Gasteiger partial charge in [-0.1, -0.05) is 0 Å². The maximum absolute atomic E-state index is 12.0. The number of amides is 2. The molecule has 0 spiro atoms. The molecule has 1 aliphatic heterocycles. The second-order valence-electron chi connectivity index (χ2n) is 6.51. The van der Waals surface area contributed by atoms with Gasteiger partial charge in [-0.2, -0.15) is 0 Å². The SMILES string of the molecule is CN1CCN(c2ccc(NC(=O)CNC(=O)c3ccc(=O)[nH]c3)cc2)CC1. The van der Waals surface area contributed by atoms with Crippen molar-refractivity contribution in [1.29, 1.82) is 0 Å². The van der Waals surface area contributed by atoms with Gasteiger partial charge in [0.05, 0.1) is 12.1 Å². The Kier molecular flexibility index (Phi) is 5.87. The minimum absolute atomic E-state index is 0.155. The molecule has 2 amide bonds. The lowest BCUT2D eigenvalue weighted by atomic mass is 10.2. The van der Waals surface area contributed by atoms with E-state index in [0.29, 0.717) is 11.3 Å². The van der Waals surface area contributed by atoms with E-state index < -0.39 is 5.91 Å². The quantitative estimate of drug-likeness (QED) is 0.713. The fourth-order valence-electron chi connectivity index (χ4n) is 2.84. The smallest absolute Gasteiger partial charge is 0.253 e. The Hall–Kier alpha value is -3.13. The summed E-state index contributed by atoms with van der Waals surface area (Å²) in [4.78, 5) is 42.0. The van der Waals surface area contributed by atoms with Gasteiger partial charge in [-0.15, -0.1) is 0 Å². The monoisotopic (exact) mass is 369 g/mol. The van der Waals surface area contributed by atoms with Gasteiger partial charge in [0.25, 0.3) is 5.91 Å². The van der Waals surface area contributed by atoms with E-state index in [-0.39, 0.29) is 18.0 Å². The highest BCUT2D eigenvalue weighted by Crippen LogP contribution is 2.19. The van der Waals surface area contributed by atoms with E-state index in [0.717, 1.165) is 31.9 Å². The predicted octanol–water partition coefficient (Wildman–Crippen LogP) is 0.495. The number of carbonyl (C=O) groups excluding carboxylic acids is 2. The van der Waals surface area contributed by atoms with Gasteiger partial charge in [0, 0.05) is 49.8 Å². The van der Waals surface area contributed by atoms with Crippen molar-refractivity contribution in [3.63, 3.8) is 0 Å². The topological polar surface area (TPSA) is 97.5 Å². The number of rotatable bonds is 5. The maximum atomic E-state index is 12.0. The molecule has 0 bridgehead atoms. The first kappa shape index (κ1) is 18.7. The minimum Gasteiger partial charge on any atom is -0.369 e. The molecule has 0 atom stereocenters. The predicted molar refractivity (Wildman–Crippen MR) is 104 cm³/mol. The molecule has 0 unspecified atom stereocenters. The van der Waals surface area contributed by atoms with Gasteiger partial charge in [0.1, 0.15) is 0 Å². The van der Waals surface area contributed by atoms with Crippen molar-refractivity contribution in [2.45, 2.75) is 0 Å². The number of aromatic nitrogens is 1. The number of carbonyl (C=O) groups is 2. The number of nitrogens with zero attached hydrogens (tertiary/aromatic N) is 2. The van der Waals surface area contributed by atoms with Crippen LogP contribution in [-0.2, 0) is 4.79 Å². The van der Waals surface area contributed by atoms with Crippen LogP contribution in [0.5, 0.6) is 0 Å². The Labute approximate surface area is 157 Å². The first-order chi connectivity index (χ1) is 13.0. The lowest BCUT2D eigenvalue weighted by molar-refractivity contribution is -0.115. The highest BCUT2D eigenvalue weighted by Gasteiger charge is 2.14. The average Bonchev–Trinajstić information content (AvgIpc) is 2.68. The number of aromatic amines is 1. The number of H-pyrrole nitrogens is 1. The Balaban J connectivity index is 1.48. The molecule has 1 aromatic carbocycles. The van der Waals surface area contributed by atoms with Gasteiger partial charge in [0.15, 0.2) is 0 Å². The van der Waals surface area contributed by atoms with Crippen molar-refractivity contribution in [3.8, 4) is 0 Å². The first-order valence-electron chi connectivity index (χ1n) is 8.81. The molecule has 142 valence electrons. The van der Waals surface area contributed by atoms with Crippen LogP contribution < -0.4 is 21.1 Å². The number of pyridine rings is 1. The van der Waals surface area contributed by atoms with E-state index in [4.69, 9.17) is 0 Å². The zero-order chi connectivity index (χ0) is 19.2. The maximum Gasteiger partial charge on any atom is 0.253 e. The van der Waals surface area contributed by atoms with Crippen molar-refractivity contribution in [3.05, 3.63) is 58.5 Å². The Morgan fingerprint density at radius 2 is 1.74 bits per heavy atom. The lowest BCUT2D eigenvalue weighted by Gasteiger charge is -2.34. The summed E-state index contributed by atoms with van der Waals surface area (Å²) in [6, 6.07) is 10.4. The second kappa shape index (κ2) is 8.50. The summed E-state index contributed by atoms with van der Waals surface area (Å²) in [6.45, 7) is 3.89. The third kappa shape index (κ3) is 5.18. The fourth-order valence-corrected chi connectivity index (χ4v) is 2.84. The molecule has 3 N–H and O–H groups in total. The number of benzene rings is 1. The third-order valence-electron chi connectivity index (χ3n) is 4.48. The molecule has 8 heteroatoms. The second-order valence-corrected chi connectivity index (χ2v) is 6.51. The summed E-state index contributed by atoms with van der Waals surface area (Å²) in [5.41, 5.74) is 1.81. The van der Waals surface area contributed by atoms with Gasteiger partial charge in [-0.05, 0) is 37.4 Å². The number of hydrogen-bond acceptors (Lipinski definition) is 5. The van der Waals surface area contributed by atoms with Crippen LogP contribution in [0.4, 0.5) is 11.4 Å². The van der Waals surface area contributed by atoms with Gasteiger partial charge < -0.3 is 25.4 Å². The summed E-state index contributed by atoms with van der Waals surface area (Å²) in [6.07, 6.45) is 1.31. The average molecular weight is 369 g/mol. The number of anilines is 2. The molecule has 0 radical (unpaired) electrons. The van der Waals surface area contributed by atoms with E-state index in [1.54, 1.807) is 0 Å². The van der Waals surface area contributed by atoms with E-state index in [1.807, 2.05) is 24.3 Å². The molecule has 1 fully saturated rings. The summed E-state index contributed by atoms with van der Waals surface area (Å²) in [5.74, 6) is -0.744. The standard InChI is InChI=1S/C19H23N5O3/c1-23-8-10-24(11-9-23)16-5-3-15(4-6-16)22-18(26)13-21-19(27)14-2-7-17(25)20-12-14/h2-7,12H,8-11,13H2,1H3,(H,20,25)(H,21,27)(H,22,26). The van der Waals surface area contributed by atoms with Crippen LogP contribution in [0.25, 0.3) is 0 Å². The molecular weight excluding hydrogens is 346 g/mol. The third-order valence-corrected chi connectivity index (χ3v) is 4.48. The Bertz CT molecular complexity index is 834. The Morgan fingerprint density at radius 1 is 1.04 bits per heavy atom. The summed E-state index contributed by atoms with van der Waals surface area (Å²) in [7, 11) is 2.12. The zero-order valence-electron chi connectivity index (χ0n) is 15.2. The molecule has 1 aromatic heterocycles. The van der Waals surface area contributed by atoms with E-state index >= 15 is 0 Å². The van der Waals surface area contributed by atoms with E-state index in [1.165, 1.54) is 18.3 Å². The van der Waals surface area contributed by atoms with Crippen molar-refractivity contribution in [2.24, 2.45) is 0 Å². The van der Waals surface area contributed by atoms with Crippen LogP contribution in [0.3, 0.4) is 0 Å². The highest BCUT2D eigenvalue weighted by molar-refractivity contribution is 5.99. The molecule has 3 rings (SSSR count). The van der Waals surface area contributed by atoms with Crippen molar-refractivity contribution in [1.82, 2.24) is 15.2 Å². The van der Waals surface area contributed by atoms with E-state index in [9.17, 15) is 14.4 Å². The van der Waals surface area contributed by atoms with Crippen LogP contribution >= 0.6 is 0 Å². The summed E-state index contributed by atoms with van der Waals surface area (Å²) < 4.78 is 0. The van der Waals surface area contributed by atoms with Gasteiger partial charge >= 0.3 is 0 Å². The molecule has 0 saturated carbocycles. The molecule has 1 saturated heterocycles. The number of hydrogen-bond donors (Lipinski definition) is 3. The largest absolute Gasteiger partial charge is 0.369 e. The summed E-state index contributed by atoms with van der Waals surface area (Å²) >= 11 is 0. The van der Waals surface area contributed by atoms with Crippen LogP contribution in [0.2, 0.25) is 0 Å². The molecule has 27 heavy (non-hydrogen) atoms. The summed E-state index contributed by atoms with van der Waals surface area (Å²) in [5, 5.41) is 5.28. The van der Waals surface area contributed by atoms with Gasteiger partial charge in [-0.25, -0.2) is 0 Å². The fraction of sp³-hybridized carbons (Fsp3) is 0.316. The Morgan fingerprint density at radius 3 is 2.37 bits per heavy atom. The molecule has 0 aliphatic carbocycles. The van der Waals surface area contributed by atoms with Gasteiger partial charge in [-0.3, -0.25) is 14.4 Å².